The Morgan fingerprint density at radius 1 is 1.04 bits per heavy atom. The summed E-state index contributed by atoms with van der Waals surface area (Å²) >= 11 is 0. The van der Waals surface area contributed by atoms with Crippen LogP contribution >= 0.6 is 0 Å². The third-order valence-electron chi connectivity index (χ3n) is 4.51. The maximum Gasteiger partial charge on any atom is 0.189 e. The molecule has 0 bridgehead atoms. The van der Waals surface area contributed by atoms with Crippen molar-refractivity contribution in [2.75, 3.05) is 14.2 Å². The van der Waals surface area contributed by atoms with Crippen LogP contribution in [0.2, 0.25) is 0 Å². The van der Waals surface area contributed by atoms with E-state index >= 15 is 0 Å². The lowest BCUT2D eigenvalue weighted by Gasteiger charge is -2.06. The molecule has 1 aliphatic rings. The Balaban J connectivity index is 1.65. The predicted octanol–water partition coefficient (Wildman–Crippen LogP) is 3.92. The van der Waals surface area contributed by atoms with Gasteiger partial charge < -0.3 is 9.47 Å². The van der Waals surface area contributed by atoms with Crippen LogP contribution in [0.25, 0.3) is 17.3 Å². The van der Waals surface area contributed by atoms with Crippen molar-refractivity contribution in [1.82, 2.24) is 10.2 Å². The van der Waals surface area contributed by atoms with Crippen molar-refractivity contribution in [3.8, 4) is 22.8 Å². The number of H-pyrrole nitrogens is 1. The molecule has 1 heterocycles. The molecule has 0 unspecified atom stereocenters. The van der Waals surface area contributed by atoms with Crippen LogP contribution in [0.3, 0.4) is 0 Å². The molecule has 0 aliphatic heterocycles. The van der Waals surface area contributed by atoms with E-state index < -0.39 is 0 Å². The van der Waals surface area contributed by atoms with Gasteiger partial charge in [-0.25, -0.2) is 0 Å². The number of fused-ring (bicyclic) bond motifs is 1. The van der Waals surface area contributed by atoms with Gasteiger partial charge in [0.15, 0.2) is 5.78 Å². The first-order valence-corrected chi connectivity index (χ1v) is 8.30. The second-order valence-corrected chi connectivity index (χ2v) is 6.14. The minimum absolute atomic E-state index is 0.0831. The van der Waals surface area contributed by atoms with Crippen LogP contribution in [0.1, 0.15) is 21.6 Å². The van der Waals surface area contributed by atoms with Gasteiger partial charge in [0, 0.05) is 29.2 Å². The highest BCUT2D eigenvalue weighted by atomic mass is 16.5. The van der Waals surface area contributed by atoms with Gasteiger partial charge in [-0.15, -0.1) is 0 Å². The van der Waals surface area contributed by atoms with Crippen molar-refractivity contribution in [2.45, 2.75) is 6.42 Å². The number of aromatic nitrogens is 2. The third-order valence-corrected chi connectivity index (χ3v) is 4.51. The van der Waals surface area contributed by atoms with E-state index in [-0.39, 0.29) is 5.78 Å². The zero-order valence-corrected chi connectivity index (χ0v) is 14.6. The number of hydrogen-bond acceptors (Lipinski definition) is 4. The van der Waals surface area contributed by atoms with Crippen molar-refractivity contribution in [3.05, 3.63) is 70.9 Å². The lowest BCUT2D eigenvalue weighted by atomic mass is 10.1. The van der Waals surface area contributed by atoms with E-state index in [1.54, 1.807) is 14.2 Å². The molecule has 0 amide bonds. The number of ether oxygens (including phenoxy) is 2. The quantitative estimate of drug-likeness (QED) is 0.727. The topological polar surface area (TPSA) is 64.2 Å². The van der Waals surface area contributed by atoms with E-state index in [0.717, 1.165) is 33.7 Å². The van der Waals surface area contributed by atoms with Gasteiger partial charge in [-0.3, -0.25) is 9.89 Å². The molecule has 0 fully saturated rings. The van der Waals surface area contributed by atoms with Crippen LogP contribution in [-0.4, -0.2) is 30.2 Å². The molecule has 4 rings (SSSR count). The summed E-state index contributed by atoms with van der Waals surface area (Å²) in [5.74, 6) is 1.48. The number of carbonyl (C=O) groups excluding carboxylic acids is 1. The maximum absolute atomic E-state index is 12.5. The van der Waals surface area contributed by atoms with Gasteiger partial charge in [0.05, 0.1) is 25.6 Å². The molecular weight excluding hydrogens is 328 g/mol. The van der Waals surface area contributed by atoms with E-state index in [1.807, 2.05) is 54.6 Å². The first-order chi connectivity index (χ1) is 12.7. The number of ketones is 1. The normalized spacial score (nSPS) is 14.5. The Morgan fingerprint density at radius 3 is 2.46 bits per heavy atom. The van der Waals surface area contributed by atoms with E-state index in [1.165, 1.54) is 0 Å². The molecule has 5 heteroatoms. The summed E-state index contributed by atoms with van der Waals surface area (Å²) in [5, 5.41) is 7.35. The second-order valence-electron chi connectivity index (χ2n) is 6.14. The van der Waals surface area contributed by atoms with Gasteiger partial charge in [0.2, 0.25) is 0 Å². The zero-order chi connectivity index (χ0) is 18.1. The number of nitrogens with one attached hydrogen (secondary N) is 1. The standard InChI is InChI=1S/C21H18N2O3/c1-25-17-9-14(10-18(12-17)26-2)20-11-16(22-23-20)8-15-7-13-5-3-4-6-19(13)21(15)24/h3-6,8-12H,7H2,1-2H3,(H,22,23)/b15-8+. The smallest absolute Gasteiger partial charge is 0.189 e. The molecule has 130 valence electrons. The number of aromatic amines is 1. The SMILES string of the molecule is COc1cc(OC)cc(-c2cc(/C=C3\Cc4ccccc4C3=O)[nH]n2)c1. The van der Waals surface area contributed by atoms with Crippen LogP contribution < -0.4 is 9.47 Å². The summed E-state index contributed by atoms with van der Waals surface area (Å²) in [6.07, 6.45) is 2.52. The number of methoxy groups -OCH3 is 2. The lowest BCUT2D eigenvalue weighted by Crippen LogP contribution is -1.94. The Bertz CT molecular complexity index is 995. The molecule has 1 N–H and O–H groups in total. The molecule has 2 aromatic carbocycles. The molecule has 5 nitrogen and oxygen atoms in total. The van der Waals surface area contributed by atoms with E-state index in [9.17, 15) is 4.79 Å². The van der Waals surface area contributed by atoms with Crippen LogP contribution in [0.4, 0.5) is 0 Å². The number of carbonyl (C=O) groups is 1. The molecule has 0 spiro atoms. The Labute approximate surface area is 151 Å². The van der Waals surface area contributed by atoms with Crippen LogP contribution in [0.5, 0.6) is 11.5 Å². The minimum atomic E-state index is 0.0831. The van der Waals surface area contributed by atoms with Gasteiger partial charge in [-0.1, -0.05) is 24.3 Å². The van der Waals surface area contributed by atoms with Crippen molar-refractivity contribution in [3.63, 3.8) is 0 Å². The van der Waals surface area contributed by atoms with Crippen molar-refractivity contribution in [2.24, 2.45) is 0 Å². The van der Waals surface area contributed by atoms with Crippen molar-refractivity contribution in [1.29, 1.82) is 0 Å². The van der Waals surface area contributed by atoms with E-state index in [2.05, 4.69) is 10.2 Å². The van der Waals surface area contributed by atoms with E-state index in [4.69, 9.17) is 9.47 Å². The highest BCUT2D eigenvalue weighted by Crippen LogP contribution is 2.30. The predicted molar refractivity (Wildman–Crippen MR) is 99.6 cm³/mol. The Hall–Kier alpha value is -3.34. The molecule has 0 saturated heterocycles. The third kappa shape index (κ3) is 2.88. The summed E-state index contributed by atoms with van der Waals surface area (Å²) < 4.78 is 10.6. The van der Waals surface area contributed by atoms with Gasteiger partial charge in [0.1, 0.15) is 11.5 Å². The molecule has 0 saturated carbocycles. The molecule has 3 aromatic rings. The molecule has 26 heavy (non-hydrogen) atoms. The molecule has 1 aliphatic carbocycles. The molecule has 0 radical (unpaired) electrons. The van der Waals surface area contributed by atoms with Gasteiger partial charge in [-0.05, 0) is 29.8 Å². The average Bonchev–Trinajstić information content (AvgIpc) is 3.27. The number of Topliss-reactive ketones (excluding diaryl/α,β-unsaturated/α-hetero) is 1. The monoisotopic (exact) mass is 346 g/mol. The molecular formula is C21H18N2O3. The van der Waals surface area contributed by atoms with Gasteiger partial charge in [-0.2, -0.15) is 5.10 Å². The fourth-order valence-electron chi connectivity index (χ4n) is 3.17. The highest BCUT2D eigenvalue weighted by Gasteiger charge is 2.24. The first-order valence-electron chi connectivity index (χ1n) is 8.30. The fraction of sp³-hybridized carbons (Fsp3) is 0.143. The summed E-state index contributed by atoms with van der Waals surface area (Å²) in [6, 6.07) is 15.2. The summed E-state index contributed by atoms with van der Waals surface area (Å²) in [4.78, 5) is 12.5. The molecule has 0 atom stereocenters. The van der Waals surface area contributed by atoms with Gasteiger partial charge >= 0.3 is 0 Å². The number of rotatable bonds is 4. The average molecular weight is 346 g/mol. The van der Waals surface area contributed by atoms with Crippen LogP contribution in [0, 0.1) is 0 Å². The van der Waals surface area contributed by atoms with E-state index in [0.29, 0.717) is 17.9 Å². The summed E-state index contributed by atoms with van der Waals surface area (Å²) in [5.41, 5.74) is 5.06. The summed E-state index contributed by atoms with van der Waals surface area (Å²) in [7, 11) is 3.23. The van der Waals surface area contributed by atoms with Crippen molar-refractivity contribution >= 4 is 11.9 Å². The fourth-order valence-corrected chi connectivity index (χ4v) is 3.17. The number of benzene rings is 2. The number of nitrogens with zero attached hydrogens (tertiary/aromatic N) is 1. The number of allylic oxidation sites excluding steroid dienone is 1. The zero-order valence-electron chi connectivity index (χ0n) is 14.6. The first kappa shape index (κ1) is 16.1. The summed E-state index contributed by atoms with van der Waals surface area (Å²) in [6.45, 7) is 0. The minimum Gasteiger partial charge on any atom is -0.497 e. The van der Waals surface area contributed by atoms with Crippen LogP contribution in [-0.2, 0) is 6.42 Å². The largest absolute Gasteiger partial charge is 0.497 e. The van der Waals surface area contributed by atoms with Crippen molar-refractivity contribution < 1.29 is 14.3 Å². The molecule has 1 aromatic heterocycles. The number of hydrogen-bond donors (Lipinski definition) is 1. The van der Waals surface area contributed by atoms with Crippen LogP contribution in [0.15, 0.2) is 54.1 Å². The highest BCUT2D eigenvalue weighted by molar-refractivity contribution is 6.15. The van der Waals surface area contributed by atoms with Gasteiger partial charge in [0.25, 0.3) is 0 Å². The Kier molecular flexibility index (Phi) is 4.05. The maximum atomic E-state index is 12.5. The second kappa shape index (κ2) is 6.52. The Morgan fingerprint density at radius 2 is 1.77 bits per heavy atom. The lowest BCUT2D eigenvalue weighted by molar-refractivity contribution is 0.104.